The first kappa shape index (κ1) is 18.3. The number of anilines is 1. The highest BCUT2D eigenvalue weighted by molar-refractivity contribution is 5.94. The van der Waals surface area contributed by atoms with E-state index in [9.17, 15) is 9.59 Å². The van der Waals surface area contributed by atoms with E-state index < -0.39 is 0 Å². The van der Waals surface area contributed by atoms with Crippen LogP contribution in [-0.4, -0.2) is 61.4 Å². The molecular formula is C19H29N3O2. The number of hydrogen-bond donors (Lipinski definition) is 0. The molecule has 1 aromatic carbocycles. The van der Waals surface area contributed by atoms with E-state index in [0.717, 1.165) is 25.2 Å². The average molecular weight is 331 g/mol. The molecular weight excluding hydrogens is 302 g/mol. The van der Waals surface area contributed by atoms with Crippen LogP contribution in [0.15, 0.2) is 24.3 Å². The van der Waals surface area contributed by atoms with E-state index in [1.54, 1.807) is 6.92 Å². The Morgan fingerprint density at radius 2 is 1.62 bits per heavy atom. The Kier molecular flexibility index (Phi) is 6.23. The van der Waals surface area contributed by atoms with E-state index in [2.05, 4.69) is 25.8 Å². The molecule has 0 saturated carbocycles. The third kappa shape index (κ3) is 4.73. The van der Waals surface area contributed by atoms with Crippen LogP contribution < -0.4 is 4.90 Å². The maximum absolute atomic E-state index is 12.7. The lowest BCUT2D eigenvalue weighted by Crippen LogP contribution is -2.36. The number of nitrogens with zero attached hydrogens (tertiary/aromatic N) is 3. The second kappa shape index (κ2) is 8.18. The van der Waals surface area contributed by atoms with Gasteiger partial charge >= 0.3 is 0 Å². The van der Waals surface area contributed by atoms with E-state index in [4.69, 9.17) is 0 Å². The maximum Gasteiger partial charge on any atom is 0.253 e. The second-order valence-corrected chi connectivity index (χ2v) is 6.97. The molecule has 0 spiro atoms. The quantitative estimate of drug-likeness (QED) is 0.851. The van der Waals surface area contributed by atoms with Crippen molar-refractivity contribution in [3.8, 4) is 0 Å². The Labute approximate surface area is 145 Å². The summed E-state index contributed by atoms with van der Waals surface area (Å²) in [6.07, 6.45) is 0.834. The smallest absolute Gasteiger partial charge is 0.253 e. The normalized spacial score (nSPS) is 15.4. The van der Waals surface area contributed by atoms with Crippen molar-refractivity contribution in [2.45, 2.75) is 27.2 Å². The largest absolute Gasteiger partial charge is 0.374 e. The fourth-order valence-corrected chi connectivity index (χ4v) is 3.13. The summed E-state index contributed by atoms with van der Waals surface area (Å²) in [7, 11) is 2.07. The highest BCUT2D eigenvalue weighted by Crippen LogP contribution is 2.17. The van der Waals surface area contributed by atoms with E-state index >= 15 is 0 Å². The number of amides is 2. The molecule has 0 aromatic heterocycles. The molecule has 0 atom stereocenters. The topological polar surface area (TPSA) is 43.9 Å². The molecule has 5 heteroatoms. The number of benzene rings is 1. The van der Waals surface area contributed by atoms with Gasteiger partial charge in [-0.1, -0.05) is 13.8 Å². The zero-order valence-electron chi connectivity index (χ0n) is 15.3. The molecule has 5 nitrogen and oxygen atoms in total. The summed E-state index contributed by atoms with van der Waals surface area (Å²) >= 11 is 0. The second-order valence-electron chi connectivity index (χ2n) is 6.97. The van der Waals surface area contributed by atoms with Gasteiger partial charge in [-0.05, 0) is 36.6 Å². The van der Waals surface area contributed by atoms with Crippen LogP contribution in [0.3, 0.4) is 0 Å². The minimum absolute atomic E-state index is 0.0541. The number of carbonyl (C=O) groups is 2. The number of carbonyl (C=O) groups excluding carboxylic acids is 2. The summed E-state index contributed by atoms with van der Waals surface area (Å²) < 4.78 is 0. The summed E-state index contributed by atoms with van der Waals surface area (Å²) in [4.78, 5) is 30.1. The van der Waals surface area contributed by atoms with Crippen molar-refractivity contribution in [3.63, 3.8) is 0 Å². The van der Waals surface area contributed by atoms with Gasteiger partial charge in [-0.25, -0.2) is 0 Å². The molecule has 0 radical (unpaired) electrons. The summed E-state index contributed by atoms with van der Waals surface area (Å²) in [5.41, 5.74) is 1.84. The van der Waals surface area contributed by atoms with Crippen LogP contribution in [0, 0.1) is 5.92 Å². The van der Waals surface area contributed by atoms with Gasteiger partial charge in [0.1, 0.15) is 0 Å². The van der Waals surface area contributed by atoms with E-state index in [1.807, 2.05) is 34.1 Å². The molecule has 1 aromatic rings. The number of hydrogen-bond acceptors (Lipinski definition) is 3. The van der Waals surface area contributed by atoms with Gasteiger partial charge in [0.15, 0.2) is 0 Å². The van der Waals surface area contributed by atoms with Gasteiger partial charge in [0, 0.05) is 57.9 Å². The standard InChI is InChI=1S/C19H29N3O2/c1-15(2)14-20(4)18-8-6-17(7-9-18)19(24)22-11-5-10-21(12-13-22)16(3)23/h6-9,15H,5,10-14H2,1-4H3. The third-order valence-electron chi connectivity index (χ3n) is 4.42. The zero-order valence-corrected chi connectivity index (χ0v) is 15.3. The van der Waals surface area contributed by atoms with Crippen molar-refractivity contribution >= 4 is 17.5 Å². The first-order valence-corrected chi connectivity index (χ1v) is 8.74. The highest BCUT2D eigenvalue weighted by atomic mass is 16.2. The fraction of sp³-hybridized carbons (Fsp3) is 0.579. The van der Waals surface area contributed by atoms with E-state index in [-0.39, 0.29) is 11.8 Å². The first-order valence-electron chi connectivity index (χ1n) is 8.74. The highest BCUT2D eigenvalue weighted by Gasteiger charge is 2.21. The average Bonchev–Trinajstić information content (AvgIpc) is 2.80. The minimum Gasteiger partial charge on any atom is -0.374 e. The molecule has 132 valence electrons. The van der Waals surface area contributed by atoms with Gasteiger partial charge in [0.05, 0.1) is 0 Å². The molecule has 24 heavy (non-hydrogen) atoms. The van der Waals surface area contributed by atoms with E-state index in [0.29, 0.717) is 31.1 Å². The third-order valence-corrected chi connectivity index (χ3v) is 4.42. The Balaban J connectivity index is 2.00. The molecule has 0 bridgehead atoms. The summed E-state index contributed by atoms with van der Waals surface area (Å²) in [5.74, 6) is 0.734. The molecule has 1 heterocycles. The Hall–Kier alpha value is -2.04. The van der Waals surface area contributed by atoms with Gasteiger partial charge in [0.2, 0.25) is 5.91 Å². The molecule has 1 aliphatic rings. The van der Waals surface area contributed by atoms with Crippen molar-refractivity contribution in [1.82, 2.24) is 9.80 Å². The van der Waals surface area contributed by atoms with Crippen molar-refractivity contribution in [3.05, 3.63) is 29.8 Å². The Bertz CT molecular complexity index is 568. The lowest BCUT2D eigenvalue weighted by molar-refractivity contribution is -0.128. The van der Waals surface area contributed by atoms with Gasteiger partial charge < -0.3 is 14.7 Å². The van der Waals surface area contributed by atoms with Crippen molar-refractivity contribution in [2.75, 3.05) is 44.7 Å². The van der Waals surface area contributed by atoms with Gasteiger partial charge in [-0.2, -0.15) is 0 Å². The monoisotopic (exact) mass is 331 g/mol. The summed E-state index contributed by atoms with van der Waals surface area (Å²) in [6.45, 7) is 9.62. The van der Waals surface area contributed by atoms with Crippen LogP contribution in [0.1, 0.15) is 37.6 Å². The molecule has 0 aliphatic carbocycles. The fourth-order valence-electron chi connectivity index (χ4n) is 3.13. The summed E-state index contributed by atoms with van der Waals surface area (Å²) in [6, 6.07) is 7.83. The van der Waals surface area contributed by atoms with Crippen molar-refractivity contribution < 1.29 is 9.59 Å². The van der Waals surface area contributed by atoms with Gasteiger partial charge in [0.25, 0.3) is 5.91 Å². The van der Waals surface area contributed by atoms with Crippen LogP contribution in [-0.2, 0) is 4.79 Å². The predicted molar refractivity (Wildman–Crippen MR) is 97.3 cm³/mol. The molecule has 0 unspecified atom stereocenters. The minimum atomic E-state index is 0.0541. The zero-order chi connectivity index (χ0) is 17.7. The Morgan fingerprint density at radius 3 is 2.21 bits per heavy atom. The number of rotatable bonds is 4. The molecule has 1 fully saturated rings. The van der Waals surface area contributed by atoms with Crippen molar-refractivity contribution in [1.29, 1.82) is 0 Å². The molecule has 0 N–H and O–H groups in total. The lowest BCUT2D eigenvalue weighted by atomic mass is 10.1. The van der Waals surface area contributed by atoms with Crippen LogP contribution in [0.4, 0.5) is 5.69 Å². The first-order chi connectivity index (χ1) is 11.4. The molecule has 2 amide bonds. The van der Waals surface area contributed by atoms with Gasteiger partial charge in [-0.15, -0.1) is 0 Å². The molecule has 2 rings (SSSR count). The van der Waals surface area contributed by atoms with Crippen LogP contribution >= 0.6 is 0 Å². The van der Waals surface area contributed by atoms with Crippen LogP contribution in [0.5, 0.6) is 0 Å². The van der Waals surface area contributed by atoms with Gasteiger partial charge in [-0.3, -0.25) is 9.59 Å². The van der Waals surface area contributed by atoms with E-state index in [1.165, 1.54) is 0 Å². The SMILES string of the molecule is CC(=O)N1CCCN(C(=O)c2ccc(N(C)CC(C)C)cc2)CC1. The summed E-state index contributed by atoms with van der Waals surface area (Å²) in [5, 5.41) is 0. The Morgan fingerprint density at radius 1 is 1.04 bits per heavy atom. The maximum atomic E-state index is 12.7. The molecule has 1 saturated heterocycles. The van der Waals surface area contributed by atoms with Crippen LogP contribution in [0.2, 0.25) is 0 Å². The lowest BCUT2D eigenvalue weighted by Gasteiger charge is -2.23. The van der Waals surface area contributed by atoms with Crippen molar-refractivity contribution in [2.24, 2.45) is 5.92 Å². The predicted octanol–water partition coefficient (Wildman–Crippen LogP) is 2.47. The molecule has 1 aliphatic heterocycles. The van der Waals surface area contributed by atoms with Crippen LogP contribution in [0.25, 0.3) is 0 Å².